The zero-order chi connectivity index (χ0) is 18.7. The fraction of sp³-hybridized carbons (Fsp3) is 0.579. The van der Waals surface area contributed by atoms with E-state index in [0.717, 1.165) is 5.56 Å². The van der Waals surface area contributed by atoms with Gasteiger partial charge in [0.15, 0.2) is 6.61 Å². The number of hydrogen-bond donors (Lipinski definition) is 0. The molecular weight excluding hydrogens is 322 g/mol. The quantitative estimate of drug-likeness (QED) is 0.452. The van der Waals surface area contributed by atoms with Crippen LogP contribution in [0.4, 0.5) is 0 Å². The molecule has 140 valence electrons. The smallest absolute Gasteiger partial charge is 0.310 e. The maximum Gasteiger partial charge on any atom is 0.310 e. The van der Waals surface area contributed by atoms with Crippen LogP contribution in [0.3, 0.4) is 0 Å². The van der Waals surface area contributed by atoms with Crippen molar-refractivity contribution in [2.45, 2.75) is 27.2 Å². The molecule has 0 aliphatic rings. The molecule has 0 saturated carbocycles. The number of methoxy groups -OCH3 is 1. The largest absolute Gasteiger partial charge is 0.484 e. The monoisotopic (exact) mass is 351 g/mol. The van der Waals surface area contributed by atoms with E-state index in [1.165, 1.54) is 7.11 Å². The van der Waals surface area contributed by atoms with Gasteiger partial charge in [0.2, 0.25) is 0 Å². The van der Waals surface area contributed by atoms with Gasteiger partial charge in [0.05, 0.1) is 13.0 Å². The highest BCUT2D eigenvalue weighted by Gasteiger charge is 2.21. The lowest BCUT2D eigenvalue weighted by molar-refractivity contribution is -0.146. The van der Waals surface area contributed by atoms with Gasteiger partial charge < -0.3 is 19.1 Å². The van der Waals surface area contributed by atoms with E-state index < -0.39 is 0 Å². The molecule has 0 bridgehead atoms. The average Bonchev–Trinajstić information content (AvgIpc) is 2.62. The van der Waals surface area contributed by atoms with Crippen molar-refractivity contribution in [3.05, 3.63) is 29.8 Å². The van der Waals surface area contributed by atoms with Gasteiger partial charge in [0, 0.05) is 26.3 Å². The van der Waals surface area contributed by atoms with Gasteiger partial charge in [-0.3, -0.25) is 9.59 Å². The Morgan fingerprint density at radius 3 is 2.48 bits per heavy atom. The van der Waals surface area contributed by atoms with E-state index in [9.17, 15) is 9.59 Å². The van der Waals surface area contributed by atoms with Crippen LogP contribution in [0.15, 0.2) is 24.3 Å². The van der Waals surface area contributed by atoms with Crippen LogP contribution < -0.4 is 4.74 Å². The van der Waals surface area contributed by atoms with E-state index in [0.29, 0.717) is 38.5 Å². The molecule has 0 radical (unpaired) electrons. The topological polar surface area (TPSA) is 65.1 Å². The third-order valence-corrected chi connectivity index (χ3v) is 3.75. The Balaban J connectivity index is 2.59. The minimum absolute atomic E-state index is 0.0639. The Kier molecular flexibility index (Phi) is 9.62. The van der Waals surface area contributed by atoms with E-state index >= 15 is 0 Å². The van der Waals surface area contributed by atoms with Crippen molar-refractivity contribution in [1.82, 2.24) is 4.90 Å². The van der Waals surface area contributed by atoms with E-state index in [1.807, 2.05) is 38.1 Å². The molecule has 1 amide bonds. The summed E-state index contributed by atoms with van der Waals surface area (Å²) in [5.41, 5.74) is 1.13. The molecule has 0 spiro atoms. The number of ether oxygens (including phenoxy) is 3. The zero-order valence-electron chi connectivity index (χ0n) is 15.6. The highest BCUT2D eigenvalue weighted by molar-refractivity contribution is 5.79. The predicted molar refractivity (Wildman–Crippen MR) is 95.5 cm³/mol. The standard InChI is InChI=1S/C19H29NO5/c1-5-24-12-6-11-20(13-16(3)19(22)23-4)18(21)14-25-17-9-7-15(2)8-10-17/h7-10,16H,5-6,11-14H2,1-4H3. The first-order valence-corrected chi connectivity index (χ1v) is 8.60. The zero-order valence-corrected chi connectivity index (χ0v) is 15.6. The summed E-state index contributed by atoms with van der Waals surface area (Å²) in [4.78, 5) is 25.8. The lowest BCUT2D eigenvalue weighted by Gasteiger charge is -2.25. The number of benzene rings is 1. The number of rotatable bonds is 11. The highest BCUT2D eigenvalue weighted by atomic mass is 16.5. The van der Waals surface area contributed by atoms with Gasteiger partial charge in [-0.05, 0) is 32.4 Å². The molecule has 6 nitrogen and oxygen atoms in total. The highest BCUT2D eigenvalue weighted by Crippen LogP contribution is 2.12. The van der Waals surface area contributed by atoms with E-state index in [4.69, 9.17) is 14.2 Å². The van der Waals surface area contributed by atoms with Crippen molar-refractivity contribution in [3.8, 4) is 5.75 Å². The van der Waals surface area contributed by atoms with Crippen LogP contribution in [0.25, 0.3) is 0 Å². The van der Waals surface area contributed by atoms with Crippen LogP contribution in [0.2, 0.25) is 0 Å². The number of aryl methyl sites for hydroxylation is 1. The Morgan fingerprint density at radius 1 is 1.20 bits per heavy atom. The third-order valence-electron chi connectivity index (χ3n) is 3.75. The van der Waals surface area contributed by atoms with Crippen molar-refractivity contribution >= 4 is 11.9 Å². The van der Waals surface area contributed by atoms with Crippen LogP contribution in [-0.4, -0.2) is 56.8 Å². The van der Waals surface area contributed by atoms with Crippen LogP contribution in [0, 0.1) is 12.8 Å². The summed E-state index contributed by atoms with van der Waals surface area (Å²) < 4.78 is 15.6. The van der Waals surface area contributed by atoms with Crippen LogP contribution in [0.1, 0.15) is 25.8 Å². The number of amides is 1. The van der Waals surface area contributed by atoms with E-state index in [-0.39, 0.29) is 24.4 Å². The van der Waals surface area contributed by atoms with Crippen molar-refractivity contribution in [1.29, 1.82) is 0 Å². The number of hydrogen-bond acceptors (Lipinski definition) is 5. The Bertz CT molecular complexity index is 529. The fourth-order valence-corrected chi connectivity index (χ4v) is 2.30. The Hall–Kier alpha value is -2.08. The van der Waals surface area contributed by atoms with Crippen LogP contribution >= 0.6 is 0 Å². The Morgan fingerprint density at radius 2 is 1.88 bits per heavy atom. The summed E-state index contributed by atoms with van der Waals surface area (Å²) >= 11 is 0. The van der Waals surface area contributed by atoms with E-state index in [2.05, 4.69) is 0 Å². The first kappa shape index (κ1) is 21.0. The first-order valence-electron chi connectivity index (χ1n) is 8.60. The summed E-state index contributed by atoms with van der Waals surface area (Å²) in [6, 6.07) is 7.52. The molecule has 0 N–H and O–H groups in total. The Labute approximate surface area is 150 Å². The van der Waals surface area contributed by atoms with Crippen molar-refractivity contribution in [3.63, 3.8) is 0 Å². The minimum atomic E-state index is -0.389. The van der Waals surface area contributed by atoms with E-state index in [1.54, 1.807) is 11.8 Å². The lowest BCUT2D eigenvalue weighted by Crippen LogP contribution is -2.40. The molecule has 0 saturated heterocycles. The summed E-state index contributed by atoms with van der Waals surface area (Å²) in [5.74, 6) is -0.232. The van der Waals surface area contributed by atoms with Gasteiger partial charge in [-0.1, -0.05) is 24.6 Å². The molecule has 0 fully saturated rings. The third kappa shape index (κ3) is 8.03. The molecule has 25 heavy (non-hydrogen) atoms. The molecule has 6 heteroatoms. The summed E-state index contributed by atoms with van der Waals surface area (Å²) in [7, 11) is 1.35. The number of esters is 1. The summed E-state index contributed by atoms with van der Waals surface area (Å²) in [5, 5.41) is 0. The molecule has 1 rings (SSSR count). The van der Waals surface area contributed by atoms with Crippen molar-refractivity contribution in [2.75, 3.05) is 40.0 Å². The molecule has 1 atom stereocenters. The van der Waals surface area contributed by atoms with Gasteiger partial charge in [-0.2, -0.15) is 0 Å². The molecular formula is C19H29NO5. The molecule has 1 aromatic carbocycles. The summed E-state index contributed by atoms with van der Waals surface area (Å²) in [6.07, 6.45) is 0.706. The lowest BCUT2D eigenvalue weighted by atomic mass is 10.1. The van der Waals surface area contributed by atoms with Gasteiger partial charge in [0.1, 0.15) is 5.75 Å². The maximum atomic E-state index is 12.5. The first-order chi connectivity index (χ1) is 12.0. The van der Waals surface area contributed by atoms with Crippen LogP contribution in [0.5, 0.6) is 5.75 Å². The number of nitrogens with zero attached hydrogens (tertiary/aromatic N) is 1. The second-order valence-electron chi connectivity index (χ2n) is 5.92. The average molecular weight is 351 g/mol. The SMILES string of the molecule is CCOCCCN(CC(C)C(=O)OC)C(=O)COc1ccc(C)cc1. The molecule has 0 heterocycles. The number of carbonyl (C=O) groups excluding carboxylic acids is 2. The van der Waals surface area contributed by atoms with Crippen molar-refractivity contribution < 1.29 is 23.8 Å². The second-order valence-corrected chi connectivity index (χ2v) is 5.92. The second kappa shape index (κ2) is 11.5. The van der Waals surface area contributed by atoms with Crippen LogP contribution in [-0.2, 0) is 19.1 Å². The maximum absolute atomic E-state index is 12.5. The van der Waals surface area contributed by atoms with Gasteiger partial charge >= 0.3 is 5.97 Å². The minimum Gasteiger partial charge on any atom is -0.484 e. The normalized spacial score (nSPS) is 11.7. The fourth-order valence-electron chi connectivity index (χ4n) is 2.30. The van der Waals surface area contributed by atoms with Gasteiger partial charge in [-0.15, -0.1) is 0 Å². The predicted octanol–water partition coefficient (Wildman–Crippen LogP) is 2.44. The summed E-state index contributed by atoms with van der Waals surface area (Å²) in [6.45, 7) is 7.63. The molecule has 0 aromatic heterocycles. The van der Waals surface area contributed by atoms with Crippen molar-refractivity contribution in [2.24, 2.45) is 5.92 Å². The van der Waals surface area contributed by atoms with Gasteiger partial charge in [-0.25, -0.2) is 0 Å². The molecule has 1 unspecified atom stereocenters. The molecule has 1 aromatic rings. The van der Waals surface area contributed by atoms with Gasteiger partial charge in [0.25, 0.3) is 5.91 Å². The molecule has 0 aliphatic heterocycles. The molecule has 0 aliphatic carbocycles. The number of carbonyl (C=O) groups is 2.